The Kier molecular flexibility index (Phi) is 5.56. The van der Waals surface area contributed by atoms with Crippen LogP contribution in [0.15, 0.2) is 88.9 Å². The first-order chi connectivity index (χ1) is 14.4. The molecule has 3 aromatic carbocycles. The van der Waals surface area contributed by atoms with Crippen LogP contribution in [0.5, 0.6) is 0 Å². The van der Waals surface area contributed by atoms with E-state index in [1.54, 1.807) is 48.5 Å². The lowest BCUT2D eigenvalue weighted by molar-refractivity contribution is -0.526. The molecule has 1 heterocycles. The first-order valence-electron chi connectivity index (χ1n) is 8.97. The van der Waals surface area contributed by atoms with E-state index in [0.29, 0.717) is 21.9 Å². The van der Waals surface area contributed by atoms with Crippen molar-refractivity contribution in [3.63, 3.8) is 0 Å². The summed E-state index contributed by atoms with van der Waals surface area (Å²) in [5, 5.41) is 2.90. The highest BCUT2D eigenvalue weighted by molar-refractivity contribution is 8.00. The molecule has 0 unspecified atom stereocenters. The van der Waals surface area contributed by atoms with Gasteiger partial charge in [0, 0.05) is 5.69 Å². The Hall–Kier alpha value is -3.17. The third-order valence-electron chi connectivity index (χ3n) is 4.28. The molecule has 0 aliphatic heterocycles. The van der Waals surface area contributed by atoms with Crippen LogP contribution < -0.4 is 9.29 Å². The van der Waals surface area contributed by atoms with Crippen LogP contribution in [-0.4, -0.2) is 25.1 Å². The van der Waals surface area contributed by atoms with Gasteiger partial charge in [-0.05, 0) is 54.2 Å². The van der Waals surface area contributed by atoms with E-state index >= 15 is 0 Å². The number of hydrogen-bond acceptors (Lipinski definition) is 4. The molecule has 6 nitrogen and oxygen atoms in total. The highest BCUT2D eigenvalue weighted by Crippen LogP contribution is 2.22. The molecular formula is C21H17FN3O3S2+. The van der Waals surface area contributed by atoms with Crippen LogP contribution in [0, 0.1) is 5.82 Å². The molecule has 30 heavy (non-hydrogen) atoms. The number of anilines is 1. The van der Waals surface area contributed by atoms with E-state index in [2.05, 4.69) is 10.3 Å². The number of fused-ring (bicyclic) bond motifs is 1. The molecule has 1 aromatic heterocycles. The van der Waals surface area contributed by atoms with Crippen molar-refractivity contribution in [3.8, 4) is 0 Å². The zero-order valence-electron chi connectivity index (χ0n) is 15.6. The van der Waals surface area contributed by atoms with Crippen molar-refractivity contribution in [2.24, 2.45) is 0 Å². The topological polar surface area (TPSA) is 82.9 Å². The Morgan fingerprint density at radius 1 is 1.00 bits per heavy atom. The Morgan fingerprint density at radius 3 is 2.50 bits per heavy atom. The Bertz CT molecular complexity index is 1320. The largest absolute Gasteiger partial charge is 0.336 e. The number of nitrogens with one attached hydrogen (secondary N) is 2. The van der Waals surface area contributed by atoms with Gasteiger partial charge < -0.3 is 5.32 Å². The molecule has 0 bridgehead atoms. The molecule has 9 heteroatoms. The molecule has 0 aliphatic rings. The minimum absolute atomic E-state index is 0.0619. The quantitative estimate of drug-likeness (QED) is 0.353. The SMILES string of the molecule is O=C(CSc1[nH]c2ccccc2[n+]1S(=O)(=O)c1ccccc1)Nc1cccc(F)c1. The van der Waals surface area contributed by atoms with Crippen molar-refractivity contribution in [3.05, 3.63) is 84.7 Å². The zero-order valence-corrected chi connectivity index (χ0v) is 17.2. The van der Waals surface area contributed by atoms with Gasteiger partial charge in [-0.15, -0.1) is 3.97 Å². The molecule has 0 aliphatic carbocycles. The summed E-state index contributed by atoms with van der Waals surface area (Å²) in [6, 6.07) is 20.7. The van der Waals surface area contributed by atoms with Gasteiger partial charge in [-0.25, -0.2) is 9.37 Å². The maximum Gasteiger partial charge on any atom is 0.336 e. The maximum absolute atomic E-state index is 13.3. The Balaban J connectivity index is 1.65. The number of thioether (sulfide) groups is 1. The number of para-hydroxylation sites is 2. The van der Waals surface area contributed by atoms with E-state index in [0.717, 1.165) is 11.8 Å². The molecule has 152 valence electrons. The minimum Gasteiger partial charge on any atom is -0.325 e. The fourth-order valence-corrected chi connectivity index (χ4v) is 5.54. The van der Waals surface area contributed by atoms with Gasteiger partial charge >= 0.3 is 15.2 Å². The summed E-state index contributed by atoms with van der Waals surface area (Å²) in [6.45, 7) is 0. The highest BCUT2D eigenvalue weighted by atomic mass is 32.2. The van der Waals surface area contributed by atoms with Gasteiger partial charge in [0.05, 0.1) is 5.75 Å². The van der Waals surface area contributed by atoms with Crippen LogP contribution >= 0.6 is 11.8 Å². The smallest absolute Gasteiger partial charge is 0.325 e. The van der Waals surface area contributed by atoms with Crippen molar-refractivity contribution in [1.82, 2.24) is 4.98 Å². The molecule has 4 aromatic rings. The molecule has 0 fully saturated rings. The average Bonchev–Trinajstić information content (AvgIpc) is 3.12. The number of nitrogens with zero attached hydrogens (tertiary/aromatic N) is 1. The fourth-order valence-electron chi connectivity index (χ4n) is 2.96. The predicted octanol–water partition coefficient (Wildman–Crippen LogP) is 3.56. The van der Waals surface area contributed by atoms with Gasteiger partial charge in [0.1, 0.15) is 10.7 Å². The van der Waals surface area contributed by atoms with Gasteiger partial charge in [-0.3, -0.25) is 4.79 Å². The molecule has 0 radical (unpaired) electrons. The van der Waals surface area contributed by atoms with Crippen LogP contribution in [0.1, 0.15) is 0 Å². The lowest BCUT2D eigenvalue weighted by Crippen LogP contribution is -2.44. The number of H-pyrrole nitrogens is 1. The van der Waals surface area contributed by atoms with Crippen LogP contribution in [0.4, 0.5) is 10.1 Å². The zero-order chi connectivity index (χ0) is 21.1. The first-order valence-corrected chi connectivity index (χ1v) is 11.4. The summed E-state index contributed by atoms with van der Waals surface area (Å²) < 4.78 is 41.1. The second-order valence-electron chi connectivity index (χ2n) is 6.38. The van der Waals surface area contributed by atoms with Gasteiger partial charge in [-0.2, -0.15) is 8.42 Å². The fraction of sp³-hybridized carbons (Fsp3) is 0.0476. The second kappa shape index (κ2) is 8.29. The lowest BCUT2D eigenvalue weighted by Gasteiger charge is -2.05. The third kappa shape index (κ3) is 4.07. The highest BCUT2D eigenvalue weighted by Gasteiger charge is 2.31. The average molecular weight is 443 g/mol. The third-order valence-corrected chi connectivity index (χ3v) is 7.09. The summed E-state index contributed by atoms with van der Waals surface area (Å²) >= 11 is 1.05. The standard InChI is InChI=1S/C21H16FN3O3S2/c22-15-7-6-8-16(13-15)23-20(26)14-29-21-24-18-11-4-5-12-19(18)25(21)30(27,28)17-9-2-1-3-10-17/h1-13H,14H2,(H,23,26)/p+1. The molecule has 0 saturated carbocycles. The van der Waals surface area contributed by atoms with Crippen molar-refractivity contribution >= 4 is 44.4 Å². The summed E-state index contributed by atoms with van der Waals surface area (Å²) in [5.74, 6) is -0.899. The number of rotatable bonds is 6. The normalized spacial score (nSPS) is 11.5. The number of carbonyl (C=O) groups is 1. The number of aromatic amines is 1. The second-order valence-corrected chi connectivity index (χ2v) is 9.13. The summed E-state index contributed by atoms with van der Waals surface area (Å²) in [4.78, 5) is 15.5. The van der Waals surface area contributed by atoms with Gasteiger partial charge in [0.25, 0.3) is 0 Å². The maximum atomic E-state index is 13.3. The summed E-state index contributed by atoms with van der Waals surface area (Å²) in [6.07, 6.45) is 0. The number of hydrogen-bond donors (Lipinski definition) is 2. The van der Waals surface area contributed by atoms with Gasteiger partial charge in [0.15, 0.2) is 11.0 Å². The lowest BCUT2D eigenvalue weighted by atomic mass is 10.3. The number of amides is 1. The van der Waals surface area contributed by atoms with Gasteiger partial charge in [0.2, 0.25) is 5.91 Å². The minimum atomic E-state index is -3.88. The van der Waals surface area contributed by atoms with Crippen LogP contribution in [0.2, 0.25) is 0 Å². The number of benzene rings is 3. The molecular weight excluding hydrogens is 425 g/mol. The van der Waals surface area contributed by atoms with E-state index in [1.165, 1.54) is 34.3 Å². The van der Waals surface area contributed by atoms with E-state index in [4.69, 9.17) is 0 Å². The van der Waals surface area contributed by atoms with E-state index in [-0.39, 0.29) is 16.6 Å². The summed E-state index contributed by atoms with van der Waals surface area (Å²) in [5.41, 5.74) is 1.45. The summed E-state index contributed by atoms with van der Waals surface area (Å²) in [7, 11) is -3.88. The molecule has 0 atom stereocenters. The Morgan fingerprint density at radius 2 is 1.73 bits per heavy atom. The van der Waals surface area contributed by atoms with E-state index in [9.17, 15) is 17.6 Å². The molecule has 1 amide bonds. The molecule has 0 saturated heterocycles. The van der Waals surface area contributed by atoms with E-state index in [1.807, 2.05) is 0 Å². The molecule has 0 spiro atoms. The van der Waals surface area contributed by atoms with Crippen LogP contribution in [0.25, 0.3) is 11.0 Å². The number of carbonyl (C=O) groups excluding carboxylic acids is 1. The van der Waals surface area contributed by atoms with Crippen molar-refractivity contribution < 1.29 is 21.6 Å². The van der Waals surface area contributed by atoms with Crippen LogP contribution in [-0.2, 0) is 14.8 Å². The Labute approximate surface area is 176 Å². The predicted molar refractivity (Wildman–Crippen MR) is 113 cm³/mol. The molecule has 4 rings (SSSR count). The number of imidazole rings is 1. The van der Waals surface area contributed by atoms with E-state index < -0.39 is 15.8 Å². The number of aromatic nitrogens is 2. The van der Waals surface area contributed by atoms with Crippen molar-refractivity contribution in [1.29, 1.82) is 0 Å². The van der Waals surface area contributed by atoms with Crippen LogP contribution in [0.3, 0.4) is 0 Å². The van der Waals surface area contributed by atoms with Crippen molar-refractivity contribution in [2.45, 2.75) is 10.1 Å². The van der Waals surface area contributed by atoms with Crippen molar-refractivity contribution in [2.75, 3.05) is 11.1 Å². The monoisotopic (exact) mass is 442 g/mol. The number of halogens is 1. The van der Waals surface area contributed by atoms with Gasteiger partial charge in [-0.1, -0.05) is 36.4 Å². The molecule has 2 N–H and O–H groups in total. The first kappa shape index (κ1) is 20.1.